The molecule has 1 saturated heterocycles. The number of rotatable bonds is 3. The summed E-state index contributed by atoms with van der Waals surface area (Å²) in [5.74, 6) is -0.699. The molecule has 1 atom stereocenters. The summed E-state index contributed by atoms with van der Waals surface area (Å²) in [4.78, 5) is 15.6. The molecule has 1 fully saturated rings. The summed E-state index contributed by atoms with van der Waals surface area (Å²) in [5, 5.41) is 2.79. The lowest BCUT2D eigenvalue weighted by molar-refractivity contribution is -0.137. The number of carbonyl (C=O) groups excluding carboxylic acids is 1. The fraction of sp³-hybridized carbons (Fsp3) is 0.500. The number of hydrogen-bond donors (Lipinski definition) is 1. The van der Waals surface area contributed by atoms with Crippen molar-refractivity contribution in [3.05, 3.63) is 30.1 Å². The second-order valence-corrected chi connectivity index (χ2v) is 4.40. The zero-order valence-electron chi connectivity index (χ0n) is 9.97. The molecule has 0 aromatic carbocycles. The van der Waals surface area contributed by atoms with Crippen LogP contribution in [0.25, 0.3) is 0 Å². The molecule has 2 rings (SSSR count). The molecule has 1 N–H and O–H groups in total. The van der Waals surface area contributed by atoms with Crippen LogP contribution in [0.2, 0.25) is 0 Å². The van der Waals surface area contributed by atoms with Crippen LogP contribution in [0.15, 0.2) is 24.5 Å². The summed E-state index contributed by atoms with van der Waals surface area (Å²) >= 11 is 0. The first-order valence-corrected chi connectivity index (χ1v) is 5.57. The zero-order valence-corrected chi connectivity index (χ0v) is 9.97. The summed E-state index contributed by atoms with van der Waals surface area (Å²) in [6.45, 7) is 4.66. The van der Waals surface area contributed by atoms with Gasteiger partial charge in [-0.25, -0.2) is 0 Å². The number of aromatic nitrogens is 1. The van der Waals surface area contributed by atoms with E-state index in [0.717, 1.165) is 0 Å². The van der Waals surface area contributed by atoms with Gasteiger partial charge in [0.1, 0.15) is 6.10 Å². The normalized spacial score (nSPS) is 22.4. The third-order valence-corrected chi connectivity index (χ3v) is 2.48. The van der Waals surface area contributed by atoms with Crippen molar-refractivity contribution in [2.24, 2.45) is 0 Å². The third-order valence-electron chi connectivity index (χ3n) is 2.48. The maximum atomic E-state index is 11.7. The molecule has 1 aromatic heterocycles. The molecule has 92 valence electrons. The van der Waals surface area contributed by atoms with Gasteiger partial charge in [0, 0.05) is 18.9 Å². The topological polar surface area (TPSA) is 60.5 Å². The number of hydrogen-bond acceptors (Lipinski definition) is 4. The standard InChI is InChI=1S/C12H16N2O3/c1-12(2)16-8-10(17-12)7-14-11(15)9-4-3-5-13-6-9/h3-6,10H,7-8H2,1-2H3,(H,14,15)/t10-/m0/s1. The molecule has 17 heavy (non-hydrogen) atoms. The molecule has 0 spiro atoms. The van der Waals surface area contributed by atoms with E-state index in [1.165, 1.54) is 6.20 Å². The molecule has 0 unspecified atom stereocenters. The quantitative estimate of drug-likeness (QED) is 0.849. The summed E-state index contributed by atoms with van der Waals surface area (Å²) in [6, 6.07) is 3.45. The molecule has 1 amide bonds. The van der Waals surface area contributed by atoms with E-state index in [4.69, 9.17) is 9.47 Å². The highest BCUT2D eigenvalue weighted by molar-refractivity contribution is 5.93. The Labute approximate surface area is 100 Å². The summed E-state index contributed by atoms with van der Waals surface area (Å²) in [5.41, 5.74) is 0.547. The predicted octanol–water partition coefficient (Wildman–Crippen LogP) is 0.963. The highest BCUT2D eigenvalue weighted by Gasteiger charge is 2.32. The Balaban J connectivity index is 1.82. The summed E-state index contributed by atoms with van der Waals surface area (Å²) in [7, 11) is 0. The van der Waals surface area contributed by atoms with Gasteiger partial charge in [-0.3, -0.25) is 9.78 Å². The molecular weight excluding hydrogens is 220 g/mol. The van der Waals surface area contributed by atoms with Crippen LogP contribution in [-0.2, 0) is 9.47 Å². The Morgan fingerprint density at radius 2 is 2.47 bits per heavy atom. The van der Waals surface area contributed by atoms with Crippen LogP contribution in [0.3, 0.4) is 0 Å². The average Bonchev–Trinajstić information content (AvgIpc) is 2.67. The van der Waals surface area contributed by atoms with Crippen molar-refractivity contribution in [2.75, 3.05) is 13.2 Å². The Bertz CT molecular complexity index is 392. The lowest BCUT2D eigenvalue weighted by Gasteiger charge is -2.17. The predicted molar refractivity (Wildman–Crippen MR) is 61.5 cm³/mol. The van der Waals surface area contributed by atoms with Crippen LogP contribution in [0.4, 0.5) is 0 Å². The van der Waals surface area contributed by atoms with Crippen LogP contribution in [0.1, 0.15) is 24.2 Å². The van der Waals surface area contributed by atoms with Crippen LogP contribution < -0.4 is 5.32 Å². The van der Waals surface area contributed by atoms with Gasteiger partial charge in [0.25, 0.3) is 5.91 Å². The molecule has 1 aliphatic heterocycles. The summed E-state index contributed by atoms with van der Waals surface area (Å²) in [6.07, 6.45) is 3.07. The first-order chi connectivity index (χ1) is 8.07. The maximum absolute atomic E-state index is 11.7. The number of nitrogens with zero attached hydrogens (tertiary/aromatic N) is 1. The number of ether oxygens (including phenoxy) is 2. The Kier molecular flexibility index (Phi) is 3.40. The minimum atomic E-state index is -0.552. The van der Waals surface area contributed by atoms with E-state index in [1.54, 1.807) is 18.3 Å². The largest absolute Gasteiger partial charge is 0.349 e. The van der Waals surface area contributed by atoms with Crippen LogP contribution in [0, 0.1) is 0 Å². The van der Waals surface area contributed by atoms with Crippen LogP contribution >= 0.6 is 0 Å². The first kappa shape index (κ1) is 12.0. The van der Waals surface area contributed by atoms with Gasteiger partial charge in [-0.2, -0.15) is 0 Å². The first-order valence-electron chi connectivity index (χ1n) is 5.57. The monoisotopic (exact) mass is 236 g/mol. The second kappa shape index (κ2) is 4.81. The number of nitrogens with one attached hydrogen (secondary N) is 1. The van der Waals surface area contributed by atoms with E-state index in [0.29, 0.717) is 18.7 Å². The van der Waals surface area contributed by atoms with Gasteiger partial charge in [0.05, 0.1) is 12.2 Å². The van der Waals surface area contributed by atoms with Crippen molar-refractivity contribution < 1.29 is 14.3 Å². The van der Waals surface area contributed by atoms with E-state index in [9.17, 15) is 4.79 Å². The smallest absolute Gasteiger partial charge is 0.252 e. The van der Waals surface area contributed by atoms with Gasteiger partial charge < -0.3 is 14.8 Å². The molecule has 0 aliphatic carbocycles. The molecule has 0 bridgehead atoms. The minimum Gasteiger partial charge on any atom is -0.349 e. The number of amides is 1. The average molecular weight is 236 g/mol. The number of carbonyl (C=O) groups is 1. The number of pyridine rings is 1. The van der Waals surface area contributed by atoms with E-state index in [-0.39, 0.29) is 12.0 Å². The van der Waals surface area contributed by atoms with Crippen molar-refractivity contribution in [1.29, 1.82) is 0 Å². The minimum absolute atomic E-state index is 0.0920. The third kappa shape index (κ3) is 3.25. The van der Waals surface area contributed by atoms with Gasteiger partial charge in [0.15, 0.2) is 5.79 Å². The highest BCUT2D eigenvalue weighted by atomic mass is 16.7. The second-order valence-electron chi connectivity index (χ2n) is 4.40. The Morgan fingerprint density at radius 1 is 1.65 bits per heavy atom. The van der Waals surface area contributed by atoms with E-state index < -0.39 is 5.79 Å². The van der Waals surface area contributed by atoms with Crippen molar-refractivity contribution in [1.82, 2.24) is 10.3 Å². The molecule has 5 heteroatoms. The van der Waals surface area contributed by atoms with Gasteiger partial charge >= 0.3 is 0 Å². The highest BCUT2D eigenvalue weighted by Crippen LogP contribution is 2.21. The Hall–Kier alpha value is -1.46. The van der Waals surface area contributed by atoms with Crippen LogP contribution in [-0.4, -0.2) is 35.9 Å². The van der Waals surface area contributed by atoms with Crippen molar-refractivity contribution in [3.8, 4) is 0 Å². The van der Waals surface area contributed by atoms with Crippen molar-refractivity contribution in [3.63, 3.8) is 0 Å². The fourth-order valence-electron chi connectivity index (χ4n) is 1.67. The lowest BCUT2D eigenvalue weighted by atomic mass is 10.2. The fourth-order valence-corrected chi connectivity index (χ4v) is 1.67. The Morgan fingerprint density at radius 3 is 3.06 bits per heavy atom. The van der Waals surface area contributed by atoms with E-state index in [2.05, 4.69) is 10.3 Å². The molecule has 1 aromatic rings. The molecule has 1 aliphatic rings. The lowest BCUT2D eigenvalue weighted by Crippen LogP contribution is -2.34. The maximum Gasteiger partial charge on any atom is 0.252 e. The molecule has 0 radical (unpaired) electrons. The van der Waals surface area contributed by atoms with Gasteiger partial charge in [-0.05, 0) is 26.0 Å². The van der Waals surface area contributed by atoms with Gasteiger partial charge in [-0.15, -0.1) is 0 Å². The SMILES string of the molecule is CC1(C)OC[C@H](CNC(=O)c2cccnc2)O1. The van der Waals surface area contributed by atoms with Gasteiger partial charge in [-0.1, -0.05) is 0 Å². The summed E-state index contributed by atoms with van der Waals surface area (Å²) < 4.78 is 11.0. The van der Waals surface area contributed by atoms with Gasteiger partial charge in [0.2, 0.25) is 0 Å². The molecule has 2 heterocycles. The molecule has 0 saturated carbocycles. The van der Waals surface area contributed by atoms with Crippen molar-refractivity contribution in [2.45, 2.75) is 25.7 Å². The van der Waals surface area contributed by atoms with E-state index in [1.807, 2.05) is 13.8 Å². The van der Waals surface area contributed by atoms with E-state index >= 15 is 0 Å². The molecular formula is C12H16N2O3. The van der Waals surface area contributed by atoms with Crippen molar-refractivity contribution >= 4 is 5.91 Å². The van der Waals surface area contributed by atoms with Crippen LogP contribution in [0.5, 0.6) is 0 Å². The molecule has 5 nitrogen and oxygen atoms in total. The zero-order chi connectivity index (χ0) is 12.3.